The molecule has 16 heavy (non-hydrogen) atoms. The molecule has 2 aliphatic rings. The molecule has 0 aliphatic carbocycles. The Kier molecular flexibility index (Phi) is 4.01. The van der Waals surface area contributed by atoms with Crippen LogP contribution in [0.3, 0.4) is 0 Å². The fourth-order valence-electron chi connectivity index (χ4n) is 2.68. The Morgan fingerprint density at radius 2 is 1.75 bits per heavy atom. The van der Waals surface area contributed by atoms with Crippen molar-refractivity contribution in [1.82, 2.24) is 15.3 Å². The van der Waals surface area contributed by atoms with Gasteiger partial charge in [0.05, 0.1) is 6.17 Å². The molecule has 1 atom stereocenters. The SMILES string of the molecule is O=C(O)NC1CCCCN1N1CCCCC1. The van der Waals surface area contributed by atoms with Gasteiger partial charge in [-0.3, -0.25) is 0 Å². The van der Waals surface area contributed by atoms with Gasteiger partial charge >= 0.3 is 6.09 Å². The van der Waals surface area contributed by atoms with Crippen LogP contribution in [0.5, 0.6) is 0 Å². The Bertz CT molecular complexity index is 241. The summed E-state index contributed by atoms with van der Waals surface area (Å²) in [6.45, 7) is 3.15. The monoisotopic (exact) mass is 227 g/mol. The van der Waals surface area contributed by atoms with Crippen molar-refractivity contribution in [2.45, 2.75) is 44.7 Å². The van der Waals surface area contributed by atoms with Gasteiger partial charge in [-0.2, -0.15) is 0 Å². The van der Waals surface area contributed by atoms with Crippen molar-refractivity contribution in [1.29, 1.82) is 0 Å². The highest BCUT2D eigenvalue weighted by Crippen LogP contribution is 2.20. The van der Waals surface area contributed by atoms with Gasteiger partial charge < -0.3 is 10.4 Å². The van der Waals surface area contributed by atoms with Crippen LogP contribution in [0.1, 0.15) is 38.5 Å². The van der Waals surface area contributed by atoms with E-state index in [1.54, 1.807) is 0 Å². The summed E-state index contributed by atoms with van der Waals surface area (Å²) in [5, 5.41) is 16.0. The van der Waals surface area contributed by atoms with Crippen LogP contribution >= 0.6 is 0 Å². The summed E-state index contributed by atoms with van der Waals surface area (Å²) in [5.74, 6) is 0. The molecule has 1 unspecified atom stereocenters. The molecule has 0 aromatic heterocycles. The van der Waals surface area contributed by atoms with Crippen molar-refractivity contribution in [3.63, 3.8) is 0 Å². The van der Waals surface area contributed by atoms with Gasteiger partial charge in [0.25, 0.3) is 0 Å². The van der Waals surface area contributed by atoms with Crippen LogP contribution in [0.25, 0.3) is 0 Å². The predicted octanol–water partition coefficient (Wildman–Crippen LogP) is 1.47. The molecule has 92 valence electrons. The molecule has 5 heteroatoms. The number of nitrogens with one attached hydrogen (secondary N) is 1. The lowest BCUT2D eigenvalue weighted by Crippen LogP contribution is -2.58. The number of carbonyl (C=O) groups is 1. The zero-order chi connectivity index (χ0) is 11.4. The third-order valence-electron chi connectivity index (χ3n) is 3.46. The first-order valence-electron chi connectivity index (χ1n) is 6.28. The maximum absolute atomic E-state index is 10.7. The van der Waals surface area contributed by atoms with E-state index < -0.39 is 6.09 Å². The van der Waals surface area contributed by atoms with Crippen LogP contribution < -0.4 is 5.32 Å². The fraction of sp³-hybridized carbons (Fsp3) is 0.909. The standard InChI is InChI=1S/C11H21N3O2/c15-11(16)12-10-6-2-5-9-14(10)13-7-3-1-4-8-13/h10,12H,1-9H2,(H,15,16). The zero-order valence-electron chi connectivity index (χ0n) is 9.69. The summed E-state index contributed by atoms with van der Waals surface area (Å²) < 4.78 is 0. The van der Waals surface area contributed by atoms with Crippen LogP contribution in [-0.4, -0.2) is 47.0 Å². The van der Waals surface area contributed by atoms with E-state index in [-0.39, 0.29) is 6.17 Å². The first-order chi connectivity index (χ1) is 7.77. The second-order valence-corrected chi connectivity index (χ2v) is 4.64. The summed E-state index contributed by atoms with van der Waals surface area (Å²) in [6.07, 6.45) is 6.08. The highest BCUT2D eigenvalue weighted by molar-refractivity contribution is 5.64. The minimum absolute atomic E-state index is 0.00986. The van der Waals surface area contributed by atoms with E-state index in [4.69, 9.17) is 5.11 Å². The molecule has 2 heterocycles. The van der Waals surface area contributed by atoms with E-state index in [0.29, 0.717) is 0 Å². The molecule has 0 spiro atoms. The van der Waals surface area contributed by atoms with Gasteiger partial charge in [0.15, 0.2) is 0 Å². The van der Waals surface area contributed by atoms with Crippen molar-refractivity contribution in [3.05, 3.63) is 0 Å². The third kappa shape index (κ3) is 2.86. The third-order valence-corrected chi connectivity index (χ3v) is 3.46. The minimum Gasteiger partial charge on any atom is -0.465 e. The van der Waals surface area contributed by atoms with E-state index >= 15 is 0 Å². The van der Waals surface area contributed by atoms with Crippen molar-refractivity contribution < 1.29 is 9.90 Å². The highest BCUT2D eigenvalue weighted by Gasteiger charge is 2.29. The molecular formula is C11H21N3O2. The van der Waals surface area contributed by atoms with Gasteiger partial charge in [0, 0.05) is 19.6 Å². The fourth-order valence-corrected chi connectivity index (χ4v) is 2.68. The average molecular weight is 227 g/mol. The van der Waals surface area contributed by atoms with Crippen LogP contribution in [0.15, 0.2) is 0 Å². The molecule has 0 bridgehead atoms. The number of nitrogens with zero attached hydrogens (tertiary/aromatic N) is 2. The molecule has 5 nitrogen and oxygen atoms in total. The molecule has 0 radical (unpaired) electrons. The number of amides is 1. The molecular weight excluding hydrogens is 206 g/mol. The maximum Gasteiger partial charge on any atom is 0.405 e. The summed E-state index contributed by atoms with van der Waals surface area (Å²) in [7, 11) is 0. The lowest BCUT2D eigenvalue weighted by molar-refractivity contribution is -0.0956. The molecule has 2 N–H and O–H groups in total. The van der Waals surface area contributed by atoms with E-state index in [1.165, 1.54) is 25.7 Å². The topological polar surface area (TPSA) is 55.8 Å². The molecule has 0 aromatic carbocycles. The van der Waals surface area contributed by atoms with E-state index in [9.17, 15) is 4.79 Å². The maximum atomic E-state index is 10.7. The minimum atomic E-state index is -0.908. The average Bonchev–Trinajstić information content (AvgIpc) is 2.30. The molecule has 0 aromatic rings. The lowest BCUT2D eigenvalue weighted by atomic mass is 10.1. The van der Waals surface area contributed by atoms with E-state index in [1.807, 2.05) is 0 Å². The van der Waals surface area contributed by atoms with Crippen molar-refractivity contribution >= 4 is 6.09 Å². The van der Waals surface area contributed by atoms with Crippen molar-refractivity contribution in [2.75, 3.05) is 19.6 Å². The molecule has 2 aliphatic heterocycles. The van der Waals surface area contributed by atoms with E-state index in [2.05, 4.69) is 15.3 Å². The Balaban J connectivity index is 1.94. The van der Waals surface area contributed by atoms with Crippen LogP contribution in [-0.2, 0) is 0 Å². The van der Waals surface area contributed by atoms with E-state index in [0.717, 1.165) is 32.5 Å². The van der Waals surface area contributed by atoms with Gasteiger partial charge in [0.2, 0.25) is 0 Å². The first kappa shape index (κ1) is 11.7. The number of piperidine rings is 2. The highest BCUT2D eigenvalue weighted by atomic mass is 16.4. The molecule has 2 fully saturated rings. The number of hydrogen-bond acceptors (Lipinski definition) is 3. The number of hydrazine groups is 1. The molecule has 1 amide bonds. The summed E-state index contributed by atoms with van der Waals surface area (Å²) >= 11 is 0. The zero-order valence-corrected chi connectivity index (χ0v) is 9.69. The lowest BCUT2D eigenvalue weighted by Gasteiger charge is -2.44. The van der Waals surface area contributed by atoms with Crippen LogP contribution in [0, 0.1) is 0 Å². The van der Waals surface area contributed by atoms with Gasteiger partial charge in [-0.1, -0.05) is 6.42 Å². The quantitative estimate of drug-likeness (QED) is 0.750. The van der Waals surface area contributed by atoms with Crippen LogP contribution in [0.2, 0.25) is 0 Å². The van der Waals surface area contributed by atoms with Gasteiger partial charge in [-0.25, -0.2) is 14.8 Å². The van der Waals surface area contributed by atoms with Crippen LogP contribution in [0.4, 0.5) is 4.79 Å². The summed E-state index contributed by atoms with van der Waals surface area (Å²) in [6, 6.07) is 0. The smallest absolute Gasteiger partial charge is 0.405 e. The molecule has 2 rings (SSSR count). The second-order valence-electron chi connectivity index (χ2n) is 4.64. The largest absolute Gasteiger partial charge is 0.465 e. The Hall–Kier alpha value is -0.810. The summed E-state index contributed by atoms with van der Waals surface area (Å²) in [5.41, 5.74) is 0. The first-order valence-corrected chi connectivity index (χ1v) is 6.28. The Morgan fingerprint density at radius 3 is 2.44 bits per heavy atom. The van der Waals surface area contributed by atoms with Gasteiger partial charge in [0.1, 0.15) is 0 Å². The van der Waals surface area contributed by atoms with Gasteiger partial charge in [-0.05, 0) is 32.1 Å². The Labute approximate surface area is 96.4 Å². The van der Waals surface area contributed by atoms with Crippen molar-refractivity contribution in [3.8, 4) is 0 Å². The predicted molar refractivity (Wildman–Crippen MR) is 60.9 cm³/mol. The number of rotatable bonds is 2. The second kappa shape index (κ2) is 5.50. The van der Waals surface area contributed by atoms with Crippen molar-refractivity contribution in [2.24, 2.45) is 0 Å². The Morgan fingerprint density at radius 1 is 1.06 bits per heavy atom. The van der Waals surface area contributed by atoms with Gasteiger partial charge in [-0.15, -0.1) is 0 Å². The summed E-state index contributed by atoms with van der Waals surface area (Å²) in [4.78, 5) is 10.7. The number of carboxylic acid groups (broad SMARTS) is 1. The number of hydrogen-bond donors (Lipinski definition) is 2. The molecule has 2 saturated heterocycles. The molecule has 0 saturated carbocycles. The normalized spacial score (nSPS) is 28.9.